The van der Waals surface area contributed by atoms with Crippen LogP contribution in [0.5, 0.6) is 5.75 Å². The fraction of sp³-hybridized carbons (Fsp3) is 0.586. The van der Waals surface area contributed by atoms with Gasteiger partial charge in [-0.05, 0) is 61.3 Å². The molecule has 2 saturated heterocycles. The van der Waals surface area contributed by atoms with E-state index in [4.69, 9.17) is 4.74 Å². The molecule has 184 valence electrons. The van der Waals surface area contributed by atoms with Crippen molar-refractivity contribution < 1.29 is 4.74 Å². The van der Waals surface area contributed by atoms with E-state index in [-0.39, 0.29) is 5.54 Å². The van der Waals surface area contributed by atoms with Crippen LogP contribution in [0.25, 0.3) is 0 Å². The predicted octanol–water partition coefficient (Wildman–Crippen LogP) is 5.07. The smallest absolute Gasteiger partial charge is 0.121 e. The summed E-state index contributed by atoms with van der Waals surface area (Å²) < 4.78 is 5.83. The first-order valence-corrected chi connectivity index (χ1v) is 13.4. The number of hydrogen-bond acceptors (Lipinski definition) is 5. The summed E-state index contributed by atoms with van der Waals surface area (Å²) in [5, 5.41) is 6.08. The van der Waals surface area contributed by atoms with E-state index in [2.05, 4.69) is 76.2 Å². The Hall–Kier alpha value is -2.08. The molecule has 1 unspecified atom stereocenters. The van der Waals surface area contributed by atoms with Gasteiger partial charge in [0, 0.05) is 51.0 Å². The average Bonchev–Trinajstić information content (AvgIpc) is 3.31. The standard InChI is InChI=1S/C29H42N4O/c1-32-18-15-29(31-32,24-11-7-4-8-12-24)25-19-27(21-28(20-25)34-2)33-16-13-26(14-17-33)30-22-23-9-5-3-6-10-23/h3,5-6,9-10,19-21,24,26,30-31H,4,7-8,11-18,22H2,1-2H3. The largest absolute Gasteiger partial charge is 0.497 e. The summed E-state index contributed by atoms with van der Waals surface area (Å²) in [7, 11) is 4.00. The summed E-state index contributed by atoms with van der Waals surface area (Å²) in [6.07, 6.45) is 10.3. The molecule has 1 atom stereocenters. The lowest BCUT2D eigenvalue weighted by Gasteiger charge is -2.42. The number of hydrogen-bond donors (Lipinski definition) is 2. The lowest BCUT2D eigenvalue weighted by Crippen LogP contribution is -2.48. The number of nitrogens with zero attached hydrogens (tertiary/aromatic N) is 2. The Balaban J connectivity index is 1.31. The lowest BCUT2D eigenvalue weighted by molar-refractivity contribution is 0.132. The zero-order valence-electron chi connectivity index (χ0n) is 21.1. The van der Waals surface area contributed by atoms with Crippen molar-refractivity contribution in [3.8, 4) is 5.75 Å². The Morgan fingerprint density at radius 3 is 2.41 bits per heavy atom. The molecule has 5 rings (SSSR count). The van der Waals surface area contributed by atoms with Gasteiger partial charge in [-0.3, -0.25) is 0 Å². The maximum atomic E-state index is 5.83. The van der Waals surface area contributed by atoms with Crippen molar-refractivity contribution in [1.82, 2.24) is 15.8 Å². The van der Waals surface area contributed by atoms with Crippen molar-refractivity contribution in [2.75, 3.05) is 38.7 Å². The highest BCUT2D eigenvalue weighted by atomic mass is 16.5. The molecule has 0 radical (unpaired) electrons. The van der Waals surface area contributed by atoms with Crippen molar-refractivity contribution in [1.29, 1.82) is 0 Å². The second-order valence-electron chi connectivity index (χ2n) is 10.6. The van der Waals surface area contributed by atoms with E-state index < -0.39 is 0 Å². The number of hydrazine groups is 1. The molecular weight excluding hydrogens is 420 g/mol. The molecule has 5 heteroatoms. The molecule has 34 heavy (non-hydrogen) atoms. The summed E-state index contributed by atoms with van der Waals surface area (Å²) >= 11 is 0. The van der Waals surface area contributed by atoms with E-state index in [1.165, 1.54) is 68.2 Å². The minimum Gasteiger partial charge on any atom is -0.497 e. The van der Waals surface area contributed by atoms with Gasteiger partial charge in [0.2, 0.25) is 0 Å². The fourth-order valence-corrected chi connectivity index (χ4v) is 6.47. The molecule has 2 N–H and O–H groups in total. The molecule has 0 spiro atoms. The molecule has 1 saturated carbocycles. The van der Waals surface area contributed by atoms with Crippen molar-refractivity contribution >= 4 is 5.69 Å². The van der Waals surface area contributed by atoms with Crippen molar-refractivity contribution in [2.45, 2.75) is 69.5 Å². The van der Waals surface area contributed by atoms with Crippen LogP contribution in [-0.2, 0) is 12.1 Å². The van der Waals surface area contributed by atoms with Gasteiger partial charge in [0.15, 0.2) is 0 Å². The molecular formula is C29H42N4O. The Morgan fingerprint density at radius 2 is 1.74 bits per heavy atom. The van der Waals surface area contributed by atoms with Crippen molar-refractivity contribution in [3.63, 3.8) is 0 Å². The van der Waals surface area contributed by atoms with Gasteiger partial charge in [-0.2, -0.15) is 0 Å². The highest BCUT2D eigenvalue weighted by Gasteiger charge is 2.45. The Morgan fingerprint density at radius 1 is 0.971 bits per heavy atom. The van der Waals surface area contributed by atoms with Crippen LogP contribution in [0.3, 0.4) is 0 Å². The second kappa shape index (κ2) is 10.7. The lowest BCUT2D eigenvalue weighted by atomic mass is 9.70. The summed E-state index contributed by atoms with van der Waals surface area (Å²) in [4.78, 5) is 2.57. The molecule has 2 heterocycles. The van der Waals surface area contributed by atoms with Gasteiger partial charge < -0.3 is 15.0 Å². The number of methoxy groups -OCH3 is 1. The first kappa shape index (κ1) is 23.7. The zero-order chi connectivity index (χ0) is 23.4. The zero-order valence-corrected chi connectivity index (χ0v) is 21.1. The maximum Gasteiger partial charge on any atom is 0.121 e. The third kappa shape index (κ3) is 5.12. The Bertz CT molecular complexity index is 921. The third-order valence-electron chi connectivity index (χ3n) is 8.47. The van der Waals surface area contributed by atoms with Crippen LogP contribution >= 0.6 is 0 Å². The van der Waals surface area contributed by atoms with E-state index in [0.717, 1.165) is 31.9 Å². The molecule has 2 aromatic rings. The van der Waals surface area contributed by atoms with Gasteiger partial charge in [-0.1, -0.05) is 49.6 Å². The van der Waals surface area contributed by atoms with Gasteiger partial charge in [0.05, 0.1) is 12.6 Å². The number of anilines is 1. The number of ether oxygens (including phenoxy) is 1. The first-order chi connectivity index (χ1) is 16.7. The molecule has 1 aliphatic carbocycles. The van der Waals surface area contributed by atoms with Gasteiger partial charge in [-0.25, -0.2) is 10.4 Å². The SMILES string of the molecule is COc1cc(N2CCC(NCc3ccccc3)CC2)cc(C2(C3CCCCC3)CCN(C)N2)c1. The summed E-state index contributed by atoms with van der Waals surface area (Å²) in [6, 6.07) is 18.3. The summed E-state index contributed by atoms with van der Waals surface area (Å²) in [5.74, 6) is 1.68. The van der Waals surface area contributed by atoms with Crippen LogP contribution in [0.15, 0.2) is 48.5 Å². The molecule has 0 bridgehead atoms. The molecule has 5 nitrogen and oxygen atoms in total. The topological polar surface area (TPSA) is 39.8 Å². The Kier molecular flexibility index (Phi) is 7.43. The highest BCUT2D eigenvalue weighted by molar-refractivity contribution is 5.55. The van der Waals surface area contributed by atoms with Crippen LogP contribution in [-0.4, -0.2) is 44.8 Å². The van der Waals surface area contributed by atoms with E-state index in [0.29, 0.717) is 12.0 Å². The Labute approximate surface area is 205 Å². The van der Waals surface area contributed by atoms with Gasteiger partial charge in [0.25, 0.3) is 0 Å². The van der Waals surface area contributed by atoms with Gasteiger partial charge in [0.1, 0.15) is 5.75 Å². The van der Waals surface area contributed by atoms with E-state index in [1.54, 1.807) is 0 Å². The van der Waals surface area contributed by atoms with Gasteiger partial charge in [-0.15, -0.1) is 0 Å². The van der Waals surface area contributed by atoms with E-state index in [1.807, 2.05) is 7.11 Å². The number of rotatable bonds is 7. The minimum absolute atomic E-state index is 0.0357. The quantitative estimate of drug-likeness (QED) is 0.601. The first-order valence-electron chi connectivity index (χ1n) is 13.4. The summed E-state index contributed by atoms with van der Waals surface area (Å²) in [5.41, 5.74) is 8.06. The third-order valence-corrected chi connectivity index (χ3v) is 8.47. The van der Waals surface area contributed by atoms with Crippen molar-refractivity contribution in [3.05, 3.63) is 59.7 Å². The molecule has 3 aliphatic rings. The van der Waals surface area contributed by atoms with Crippen LogP contribution < -0.4 is 20.4 Å². The maximum absolute atomic E-state index is 5.83. The van der Waals surface area contributed by atoms with Crippen molar-refractivity contribution in [2.24, 2.45) is 5.92 Å². The fourth-order valence-electron chi connectivity index (χ4n) is 6.47. The number of nitrogens with one attached hydrogen (secondary N) is 2. The molecule has 2 aromatic carbocycles. The predicted molar refractivity (Wildman–Crippen MR) is 140 cm³/mol. The monoisotopic (exact) mass is 462 g/mol. The highest BCUT2D eigenvalue weighted by Crippen LogP contribution is 2.46. The van der Waals surface area contributed by atoms with Gasteiger partial charge >= 0.3 is 0 Å². The van der Waals surface area contributed by atoms with Crippen LogP contribution in [0.2, 0.25) is 0 Å². The normalized spacial score (nSPS) is 25.1. The summed E-state index contributed by atoms with van der Waals surface area (Å²) in [6.45, 7) is 4.23. The molecule has 0 aromatic heterocycles. The van der Waals surface area contributed by atoms with Crippen LogP contribution in [0.4, 0.5) is 5.69 Å². The van der Waals surface area contributed by atoms with E-state index >= 15 is 0 Å². The van der Waals surface area contributed by atoms with Crippen LogP contribution in [0, 0.1) is 5.92 Å². The van der Waals surface area contributed by atoms with Crippen LogP contribution in [0.1, 0.15) is 62.5 Å². The number of benzene rings is 2. The molecule has 2 aliphatic heterocycles. The second-order valence-corrected chi connectivity index (χ2v) is 10.6. The molecule has 3 fully saturated rings. The molecule has 0 amide bonds. The average molecular weight is 463 g/mol. The van der Waals surface area contributed by atoms with E-state index in [9.17, 15) is 0 Å². The minimum atomic E-state index is 0.0357. The number of piperidine rings is 1.